The molecule has 0 aliphatic rings. The van der Waals surface area contributed by atoms with Crippen LogP contribution in [0.2, 0.25) is 6.04 Å². The molecule has 0 atom stereocenters. The molecule has 0 amide bonds. The summed E-state index contributed by atoms with van der Waals surface area (Å²) in [5.41, 5.74) is 0. The van der Waals surface area contributed by atoms with E-state index in [1.54, 1.807) is 0 Å². The molecule has 0 aromatic rings. The van der Waals surface area contributed by atoms with Crippen molar-refractivity contribution in [3.8, 4) is 0 Å². The molecule has 0 rings (SSSR count). The summed E-state index contributed by atoms with van der Waals surface area (Å²) in [4.78, 5) is 0. The molecule has 6 heteroatoms. The maximum atomic E-state index is 5.98. The highest BCUT2D eigenvalue weighted by Gasteiger charge is 2.39. The lowest BCUT2D eigenvalue weighted by molar-refractivity contribution is -0.890. The van der Waals surface area contributed by atoms with E-state index in [2.05, 4.69) is 21.0 Å². The Morgan fingerprint density at radius 3 is 0.886 bits per heavy atom. The lowest BCUT2D eigenvalue weighted by Crippen LogP contribution is -3.00. The zero-order valence-corrected chi connectivity index (χ0v) is 32.9. The van der Waals surface area contributed by atoms with Crippen LogP contribution in [0.3, 0.4) is 0 Å². The Balaban J connectivity index is 0. The SMILES string of the molecule is CCCCCCCCCCCCCCCCCC[N+](C)(C)CCCCCCCCCCCC[Si](OCC)(OCC)OCC.[Cl-]. The van der Waals surface area contributed by atoms with E-state index < -0.39 is 8.80 Å². The molecule has 0 saturated heterocycles. The van der Waals surface area contributed by atoms with Gasteiger partial charge in [-0.05, 0) is 52.9 Å². The van der Waals surface area contributed by atoms with Gasteiger partial charge in [0.05, 0.1) is 27.2 Å². The Morgan fingerprint density at radius 2 is 0.614 bits per heavy atom. The van der Waals surface area contributed by atoms with Crippen molar-refractivity contribution in [3.63, 3.8) is 0 Å². The van der Waals surface area contributed by atoms with Gasteiger partial charge in [0.25, 0.3) is 0 Å². The van der Waals surface area contributed by atoms with E-state index in [9.17, 15) is 0 Å². The van der Waals surface area contributed by atoms with Gasteiger partial charge in [-0.15, -0.1) is 0 Å². The first-order chi connectivity index (χ1) is 20.9. The monoisotopic (exact) mass is 664 g/mol. The molecule has 0 spiro atoms. The number of nitrogens with zero attached hydrogens (tertiary/aromatic N) is 1. The number of quaternary nitrogens is 1. The van der Waals surface area contributed by atoms with E-state index >= 15 is 0 Å². The molecular weight excluding hydrogens is 582 g/mol. The summed E-state index contributed by atoms with van der Waals surface area (Å²) in [5.74, 6) is 0. The molecule has 44 heavy (non-hydrogen) atoms. The highest BCUT2D eigenvalue weighted by atomic mass is 35.5. The minimum absolute atomic E-state index is 0. The summed E-state index contributed by atoms with van der Waals surface area (Å²) in [6.07, 6.45) is 36.9. The molecular formula is C38H82ClNO3Si. The van der Waals surface area contributed by atoms with Crippen molar-refractivity contribution >= 4 is 8.80 Å². The maximum absolute atomic E-state index is 5.98. The van der Waals surface area contributed by atoms with Crippen LogP contribution in [0.1, 0.15) is 195 Å². The van der Waals surface area contributed by atoms with Gasteiger partial charge in [-0.3, -0.25) is 0 Å². The second kappa shape index (κ2) is 34.7. The minimum atomic E-state index is -2.43. The standard InChI is InChI=1S/C38H82NO3Si.ClH/c1-7-11-12-13-14-15-16-17-18-19-20-21-24-27-30-33-36-39(5,6)37-34-31-28-25-22-23-26-29-32-35-38-43(40-8-2,41-9-3)42-10-4;/h7-38H2,1-6H3;1H/q+1;/p-1. The van der Waals surface area contributed by atoms with Gasteiger partial charge in [0.1, 0.15) is 0 Å². The first-order valence-electron chi connectivity index (χ1n) is 19.7. The number of hydrogen-bond donors (Lipinski definition) is 0. The van der Waals surface area contributed by atoms with Crippen LogP contribution in [0.15, 0.2) is 0 Å². The third-order valence-electron chi connectivity index (χ3n) is 9.21. The predicted molar refractivity (Wildman–Crippen MR) is 193 cm³/mol. The quantitative estimate of drug-likeness (QED) is 0.0380. The van der Waals surface area contributed by atoms with E-state index in [1.165, 1.54) is 185 Å². The van der Waals surface area contributed by atoms with E-state index in [1.807, 2.05) is 20.8 Å². The summed E-state index contributed by atoms with van der Waals surface area (Å²) in [5, 5.41) is 0. The Morgan fingerprint density at radius 1 is 0.364 bits per heavy atom. The van der Waals surface area contributed by atoms with Crippen LogP contribution < -0.4 is 12.4 Å². The van der Waals surface area contributed by atoms with Gasteiger partial charge in [-0.25, -0.2) is 0 Å². The number of hydrogen-bond acceptors (Lipinski definition) is 3. The van der Waals surface area contributed by atoms with Crippen molar-refractivity contribution in [2.24, 2.45) is 0 Å². The zero-order valence-electron chi connectivity index (χ0n) is 31.2. The van der Waals surface area contributed by atoms with E-state index in [0.717, 1.165) is 6.04 Å². The fourth-order valence-corrected chi connectivity index (χ4v) is 9.18. The third kappa shape index (κ3) is 31.0. The first-order valence-corrected chi connectivity index (χ1v) is 21.6. The molecule has 4 nitrogen and oxygen atoms in total. The maximum Gasteiger partial charge on any atom is 0.500 e. The Hall–Kier alpha value is 0.347. The van der Waals surface area contributed by atoms with Gasteiger partial charge in [0.15, 0.2) is 0 Å². The van der Waals surface area contributed by atoms with Gasteiger partial charge >= 0.3 is 8.80 Å². The molecule has 0 bridgehead atoms. The molecule has 0 unspecified atom stereocenters. The lowest BCUT2D eigenvalue weighted by atomic mass is 10.0. The van der Waals surface area contributed by atoms with Crippen molar-refractivity contribution in [3.05, 3.63) is 0 Å². The lowest BCUT2D eigenvalue weighted by Gasteiger charge is -2.30. The molecule has 0 radical (unpaired) electrons. The third-order valence-corrected chi connectivity index (χ3v) is 12.4. The highest BCUT2D eigenvalue weighted by molar-refractivity contribution is 6.60. The number of halogens is 1. The van der Waals surface area contributed by atoms with Gasteiger partial charge in [0, 0.05) is 25.9 Å². The van der Waals surface area contributed by atoms with Crippen LogP contribution in [0.5, 0.6) is 0 Å². The smallest absolute Gasteiger partial charge is 0.500 e. The largest absolute Gasteiger partial charge is 1.00 e. The average Bonchev–Trinajstić information content (AvgIpc) is 2.98. The minimum Gasteiger partial charge on any atom is -1.00 e. The Labute approximate surface area is 285 Å². The topological polar surface area (TPSA) is 27.7 Å². The van der Waals surface area contributed by atoms with Gasteiger partial charge in [-0.1, -0.05) is 142 Å². The van der Waals surface area contributed by atoms with Crippen LogP contribution in [0.25, 0.3) is 0 Å². The summed E-state index contributed by atoms with van der Waals surface area (Å²) < 4.78 is 19.2. The molecule has 0 saturated carbocycles. The molecule has 0 aromatic carbocycles. The highest BCUT2D eigenvalue weighted by Crippen LogP contribution is 2.21. The summed E-state index contributed by atoms with van der Waals surface area (Å²) in [6, 6.07) is 0.969. The van der Waals surface area contributed by atoms with Crippen molar-refractivity contribution in [2.75, 3.05) is 47.0 Å². The van der Waals surface area contributed by atoms with Crippen molar-refractivity contribution < 1.29 is 30.2 Å². The molecule has 0 aliphatic carbocycles. The molecule has 0 aliphatic heterocycles. The van der Waals surface area contributed by atoms with Crippen molar-refractivity contribution in [2.45, 2.75) is 201 Å². The van der Waals surface area contributed by atoms with E-state index in [-0.39, 0.29) is 12.4 Å². The molecule has 0 N–H and O–H groups in total. The average molecular weight is 665 g/mol. The first kappa shape index (κ1) is 46.5. The molecule has 0 aromatic heterocycles. The van der Waals surface area contributed by atoms with Crippen molar-refractivity contribution in [1.29, 1.82) is 0 Å². The summed E-state index contributed by atoms with van der Waals surface area (Å²) in [7, 11) is 2.48. The van der Waals surface area contributed by atoms with Crippen LogP contribution in [0, 0.1) is 0 Å². The number of unbranched alkanes of at least 4 members (excludes halogenated alkanes) is 24. The Bertz CT molecular complexity index is 535. The second-order valence-electron chi connectivity index (χ2n) is 14.0. The van der Waals surface area contributed by atoms with Crippen molar-refractivity contribution in [1.82, 2.24) is 0 Å². The fourth-order valence-electron chi connectivity index (χ4n) is 6.50. The Kier molecular flexibility index (Phi) is 36.6. The molecule has 0 heterocycles. The molecule has 268 valence electrons. The normalized spacial score (nSPS) is 12.1. The number of rotatable bonds is 36. The van der Waals surface area contributed by atoms with Gasteiger partial charge in [0.2, 0.25) is 0 Å². The van der Waals surface area contributed by atoms with Crippen LogP contribution in [-0.2, 0) is 13.3 Å². The van der Waals surface area contributed by atoms with E-state index in [0.29, 0.717) is 19.8 Å². The summed E-state index contributed by atoms with van der Waals surface area (Å²) >= 11 is 0. The molecule has 0 fully saturated rings. The van der Waals surface area contributed by atoms with E-state index in [4.69, 9.17) is 13.3 Å². The zero-order chi connectivity index (χ0) is 31.7. The van der Waals surface area contributed by atoms with Gasteiger partial charge < -0.3 is 30.2 Å². The second-order valence-corrected chi connectivity index (χ2v) is 16.7. The fraction of sp³-hybridized carbons (Fsp3) is 1.00. The van der Waals surface area contributed by atoms with Gasteiger partial charge in [-0.2, -0.15) is 0 Å². The predicted octanol–water partition coefficient (Wildman–Crippen LogP) is 9.28. The van der Waals surface area contributed by atoms with Crippen LogP contribution >= 0.6 is 0 Å². The summed E-state index contributed by atoms with van der Waals surface area (Å²) in [6.45, 7) is 13.2. The van der Waals surface area contributed by atoms with Crippen LogP contribution in [0.4, 0.5) is 0 Å². The van der Waals surface area contributed by atoms with Crippen LogP contribution in [-0.4, -0.2) is 60.3 Å².